The number of anilines is 2. The lowest BCUT2D eigenvalue weighted by atomic mass is 10.2. The highest BCUT2D eigenvalue weighted by Gasteiger charge is 2.15. The van der Waals surface area contributed by atoms with Crippen molar-refractivity contribution in [2.75, 3.05) is 10.0 Å². The van der Waals surface area contributed by atoms with E-state index in [0.29, 0.717) is 26.8 Å². The molecule has 2 N–H and O–H groups in total. The molecule has 27 heavy (non-hydrogen) atoms. The first-order valence-electron chi connectivity index (χ1n) is 7.56. The smallest absolute Gasteiger partial charge is 0.261 e. The van der Waals surface area contributed by atoms with E-state index in [0.717, 1.165) is 0 Å². The first-order chi connectivity index (χ1) is 12.9. The summed E-state index contributed by atoms with van der Waals surface area (Å²) in [5.41, 5.74) is 1.04. The van der Waals surface area contributed by atoms with Crippen molar-refractivity contribution in [1.29, 1.82) is 5.26 Å². The zero-order valence-corrected chi connectivity index (χ0v) is 16.0. The minimum Gasteiger partial charge on any atom is -0.312 e. The SMILES string of the molecule is N#Cc1ccsc1NC(=O)c1ccc(NS(=O)(=O)c2ccc(Cl)cc2)cc1. The third-order valence-electron chi connectivity index (χ3n) is 3.54. The van der Waals surface area contributed by atoms with Crippen molar-refractivity contribution in [3.05, 3.63) is 76.1 Å². The van der Waals surface area contributed by atoms with Crippen LogP contribution >= 0.6 is 22.9 Å². The van der Waals surface area contributed by atoms with E-state index in [4.69, 9.17) is 16.9 Å². The maximum Gasteiger partial charge on any atom is 0.261 e. The van der Waals surface area contributed by atoms with Crippen LogP contribution < -0.4 is 10.0 Å². The molecule has 0 aliphatic carbocycles. The van der Waals surface area contributed by atoms with Crippen molar-refractivity contribution in [2.24, 2.45) is 0 Å². The molecule has 0 unspecified atom stereocenters. The normalized spacial score (nSPS) is 10.8. The molecule has 0 radical (unpaired) electrons. The third-order valence-corrected chi connectivity index (χ3v) is 6.02. The minimum absolute atomic E-state index is 0.0791. The van der Waals surface area contributed by atoms with E-state index in [-0.39, 0.29) is 10.8 Å². The van der Waals surface area contributed by atoms with Gasteiger partial charge in [0.1, 0.15) is 11.1 Å². The van der Waals surface area contributed by atoms with Gasteiger partial charge in [-0.1, -0.05) is 11.6 Å². The lowest BCUT2D eigenvalue weighted by Gasteiger charge is -2.09. The number of halogens is 1. The van der Waals surface area contributed by atoms with Gasteiger partial charge < -0.3 is 5.32 Å². The van der Waals surface area contributed by atoms with E-state index < -0.39 is 10.0 Å². The van der Waals surface area contributed by atoms with E-state index in [1.807, 2.05) is 6.07 Å². The van der Waals surface area contributed by atoms with Crippen LogP contribution in [0.4, 0.5) is 10.7 Å². The summed E-state index contributed by atoms with van der Waals surface area (Å²) in [5, 5.41) is 14.3. The van der Waals surface area contributed by atoms with Crippen molar-refractivity contribution in [2.45, 2.75) is 4.90 Å². The highest BCUT2D eigenvalue weighted by atomic mass is 35.5. The van der Waals surface area contributed by atoms with E-state index in [1.54, 1.807) is 11.4 Å². The molecule has 3 rings (SSSR count). The number of carbonyl (C=O) groups is 1. The number of nitrogens with one attached hydrogen (secondary N) is 2. The van der Waals surface area contributed by atoms with Gasteiger partial charge in [0.25, 0.3) is 15.9 Å². The lowest BCUT2D eigenvalue weighted by molar-refractivity contribution is 0.102. The number of thiophene rings is 1. The molecule has 136 valence electrons. The zero-order chi connectivity index (χ0) is 19.4. The Morgan fingerprint density at radius 3 is 2.33 bits per heavy atom. The largest absolute Gasteiger partial charge is 0.312 e. The molecule has 0 atom stereocenters. The second-order valence-electron chi connectivity index (χ2n) is 5.37. The van der Waals surface area contributed by atoms with Crippen molar-refractivity contribution in [3.63, 3.8) is 0 Å². The Hall–Kier alpha value is -2.86. The van der Waals surface area contributed by atoms with E-state index in [2.05, 4.69) is 10.0 Å². The Labute approximate surface area is 165 Å². The number of rotatable bonds is 5. The highest BCUT2D eigenvalue weighted by Crippen LogP contribution is 2.23. The number of sulfonamides is 1. The minimum atomic E-state index is -3.76. The average molecular weight is 418 g/mol. The van der Waals surface area contributed by atoms with Gasteiger partial charge in [-0.05, 0) is 60.0 Å². The van der Waals surface area contributed by atoms with Gasteiger partial charge in [0.15, 0.2) is 0 Å². The first-order valence-corrected chi connectivity index (χ1v) is 10.3. The Kier molecular flexibility index (Phi) is 5.46. The summed E-state index contributed by atoms with van der Waals surface area (Å²) >= 11 is 7.02. The highest BCUT2D eigenvalue weighted by molar-refractivity contribution is 7.92. The van der Waals surface area contributed by atoms with Crippen molar-refractivity contribution in [1.82, 2.24) is 0 Å². The van der Waals surface area contributed by atoms with Gasteiger partial charge in [0.05, 0.1) is 10.5 Å². The topological polar surface area (TPSA) is 99.1 Å². The van der Waals surface area contributed by atoms with Gasteiger partial charge in [0.2, 0.25) is 0 Å². The quantitative estimate of drug-likeness (QED) is 0.645. The summed E-state index contributed by atoms with van der Waals surface area (Å²) < 4.78 is 27.1. The third kappa shape index (κ3) is 4.46. The van der Waals surface area contributed by atoms with E-state index in [1.165, 1.54) is 59.9 Å². The van der Waals surface area contributed by atoms with Crippen molar-refractivity contribution >= 4 is 49.6 Å². The lowest BCUT2D eigenvalue weighted by Crippen LogP contribution is -2.14. The van der Waals surface area contributed by atoms with Gasteiger partial charge in [-0.3, -0.25) is 9.52 Å². The Morgan fingerprint density at radius 1 is 1.04 bits per heavy atom. The number of hydrogen-bond acceptors (Lipinski definition) is 5. The molecule has 2 aromatic carbocycles. The summed E-state index contributed by atoms with van der Waals surface area (Å²) in [5.74, 6) is -0.388. The molecule has 1 heterocycles. The van der Waals surface area contributed by atoms with Crippen LogP contribution in [0.2, 0.25) is 5.02 Å². The Morgan fingerprint density at radius 2 is 1.70 bits per heavy atom. The molecular weight excluding hydrogens is 406 g/mol. The second-order valence-corrected chi connectivity index (χ2v) is 8.40. The number of carbonyl (C=O) groups excluding carboxylic acids is 1. The summed E-state index contributed by atoms with van der Waals surface area (Å²) in [6.45, 7) is 0. The molecule has 0 saturated carbocycles. The molecule has 0 spiro atoms. The van der Waals surface area contributed by atoms with Crippen LogP contribution in [0.1, 0.15) is 15.9 Å². The standard InChI is InChI=1S/C18H12ClN3O3S2/c19-14-3-7-16(8-4-14)27(24,25)22-15-5-1-12(2-6-15)17(23)21-18-13(11-20)9-10-26-18/h1-10,22H,(H,21,23). The Bertz CT molecular complexity index is 1120. The molecule has 0 aliphatic rings. The Balaban J connectivity index is 1.72. The maximum atomic E-state index is 12.4. The first kappa shape index (κ1) is 18.9. The summed E-state index contributed by atoms with van der Waals surface area (Å²) in [6.07, 6.45) is 0. The number of benzene rings is 2. The summed E-state index contributed by atoms with van der Waals surface area (Å²) in [7, 11) is -3.76. The maximum absolute atomic E-state index is 12.4. The predicted molar refractivity (Wildman–Crippen MR) is 106 cm³/mol. The summed E-state index contributed by atoms with van der Waals surface area (Å²) in [4.78, 5) is 12.3. The molecule has 0 aliphatic heterocycles. The van der Waals surface area contributed by atoms with Gasteiger partial charge >= 0.3 is 0 Å². The van der Waals surface area contributed by atoms with Crippen molar-refractivity contribution in [3.8, 4) is 6.07 Å². The molecule has 6 nitrogen and oxygen atoms in total. The van der Waals surface area contributed by atoms with Crippen LogP contribution in [0.15, 0.2) is 64.9 Å². The van der Waals surface area contributed by atoms with Crippen LogP contribution in [0.3, 0.4) is 0 Å². The molecule has 1 amide bonds. The van der Waals surface area contributed by atoms with Crippen LogP contribution in [0, 0.1) is 11.3 Å². The van der Waals surface area contributed by atoms with Gasteiger partial charge in [-0.25, -0.2) is 8.42 Å². The molecule has 0 bridgehead atoms. The molecule has 9 heteroatoms. The van der Waals surface area contributed by atoms with Gasteiger partial charge in [-0.15, -0.1) is 11.3 Å². The van der Waals surface area contributed by atoms with E-state index >= 15 is 0 Å². The van der Waals surface area contributed by atoms with Crippen LogP contribution in [0.5, 0.6) is 0 Å². The van der Waals surface area contributed by atoms with Crippen molar-refractivity contribution < 1.29 is 13.2 Å². The second kappa shape index (κ2) is 7.80. The predicted octanol–water partition coefficient (Wildman–Crippen LogP) is 4.33. The monoisotopic (exact) mass is 417 g/mol. The zero-order valence-electron chi connectivity index (χ0n) is 13.6. The van der Waals surface area contributed by atoms with E-state index in [9.17, 15) is 13.2 Å². The fourth-order valence-corrected chi connectivity index (χ4v) is 4.10. The van der Waals surface area contributed by atoms with Gasteiger partial charge in [0, 0.05) is 16.3 Å². The molecule has 0 saturated heterocycles. The van der Waals surface area contributed by atoms with Crippen LogP contribution in [-0.2, 0) is 10.0 Å². The number of nitriles is 1. The van der Waals surface area contributed by atoms with Crippen LogP contribution in [0.25, 0.3) is 0 Å². The summed E-state index contributed by atoms with van der Waals surface area (Å²) in [6, 6.07) is 15.4. The fourth-order valence-electron chi connectivity index (χ4n) is 2.19. The number of hydrogen-bond donors (Lipinski definition) is 2. The molecular formula is C18H12ClN3O3S2. The van der Waals surface area contributed by atoms with Gasteiger partial charge in [-0.2, -0.15) is 5.26 Å². The molecule has 3 aromatic rings. The molecule has 0 fully saturated rings. The average Bonchev–Trinajstić information content (AvgIpc) is 3.09. The molecule has 1 aromatic heterocycles. The fraction of sp³-hybridized carbons (Fsp3) is 0. The van der Waals surface area contributed by atoms with Crippen LogP contribution in [-0.4, -0.2) is 14.3 Å². The number of amides is 1. The number of nitrogens with zero attached hydrogens (tertiary/aromatic N) is 1.